The summed E-state index contributed by atoms with van der Waals surface area (Å²) in [5.41, 5.74) is 0.348. The van der Waals surface area contributed by atoms with Crippen molar-refractivity contribution in [3.63, 3.8) is 0 Å². The van der Waals surface area contributed by atoms with E-state index in [0.717, 1.165) is 17.3 Å². The number of rotatable bonds is 5. The van der Waals surface area contributed by atoms with Gasteiger partial charge in [-0.15, -0.1) is 0 Å². The predicted octanol–water partition coefficient (Wildman–Crippen LogP) is 3.53. The molecule has 0 fully saturated rings. The predicted molar refractivity (Wildman–Crippen MR) is 74.6 cm³/mol. The fraction of sp³-hybridized carbons (Fsp3) is 0.364. The fourth-order valence-corrected chi connectivity index (χ4v) is 2.21. The second-order valence-corrected chi connectivity index (χ2v) is 5.30. The maximum Gasteiger partial charge on any atom is 0.251 e. The van der Waals surface area contributed by atoms with Crippen LogP contribution in [0.2, 0.25) is 0 Å². The summed E-state index contributed by atoms with van der Waals surface area (Å²) in [4.78, 5) is 11.6. The molecule has 0 unspecified atom stereocenters. The van der Waals surface area contributed by atoms with Crippen LogP contribution in [0.25, 0.3) is 0 Å². The van der Waals surface area contributed by atoms with Crippen molar-refractivity contribution in [1.82, 2.24) is 5.32 Å². The fourth-order valence-electron chi connectivity index (χ4n) is 1.21. The Hall–Kier alpha value is -0.170. The lowest BCUT2D eigenvalue weighted by Gasteiger charge is -2.05. The Balaban J connectivity index is 2.52. The second-order valence-electron chi connectivity index (χ2n) is 3.31. The molecule has 0 aliphatic rings. The van der Waals surface area contributed by atoms with Crippen molar-refractivity contribution in [2.45, 2.75) is 12.8 Å². The van der Waals surface area contributed by atoms with E-state index in [2.05, 4.69) is 43.8 Å². The quantitative estimate of drug-likeness (QED) is 0.458. The molecule has 0 bridgehead atoms. The van der Waals surface area contributed by atoms with E-state index in [-0.39, 0.29) is 5.91 Å². The van der Waals surface area contributed by atoms with Gasteiger partial charge in [-0.2, -0.15) is 0 Å². The van der Waals surface area contributed by atoms with Gasteiger partial charge in [0.15, 0.2) is 0 Å². The van der Waals surface area contributed by atoms with Crippen LogP contribution in [0.15, 0.2) is 22.7 Å². The number of amides is 1. The molecule has 5 heteroatoms. The van der Waals surface area contributed by atoms with Gasteiger partial charge in [-0.25, -0.2) is 4.39 Å². The molecule has 1 amide bonds. The first kappa shape index (κ1) is 13.9. The normalized spacial score (nSPS) is 10.2. The largest absolute Gasteiger partial charge is 0.352 e. The highest BCUT2D eigenvalue weighted by Crippen LogP contribution is 2.14. The maximum absolute atomic E-state index is 13.0. The number of hydrogen-bond donors (Lipinski definition) is 1. The minimum absolute atomic E-state index is 0.228. The highest BCUT2D eigenvalue weighted by atomic mass is 127. The van der Waals surface area contributed by atoms with Crippen LogP contribution in [0.3, 0.4) is 0 Å². The lowest BCUT2D eigenvalue weighted by atomic mass is 10.2. The van der Waals surface area contributed by atoms with Gasteiger partial charge < -0.3 is 5.32 Å². The Bertz CT molecular complexity index is 353. The zero-order valence-electron chi connectivity index (χ0n) is 8.60. The molecule has 0 aliphatic heterocycles. The molecule has 0 aliphatic carbocycles. The van der Waals surface area contributed by atoms with Crippen molar-refractivity contribution in [3.05, 3.63) is 34.1 Å². The molecule has 0 saturated carbocycles. The lowest BCUT2D eigenvalue weighted by molar-refractivity contribution is 0.0952. The number of unbranched alkanes of at least 4 members (excludes halogenated alkanes) is 1. The molecule has 1 N–H and O–H groups in total. The highest BCUT2D eigenvalue weighted by molar-refractivity contribution is 14.1. The van der Waals surface area contributed by atoms with E-state index in [1.807, 2.05) is 0 Å². The summed E-state index contributed by atoms with van der Waals surface area (Å²) in [5.74, 6) is -0.638. The monoisotopic (exact) mass is 399 g/mol. The number of benzene rings is 1. The Labute approximate surface area is 116 Å². The number of hydrogen-bond acceptors (Lipinski definition) is 1. The van der Waals surface area contributed by atoms with Crippen molar-refractivity contribution in [2.75, 3.05) is 11.0 Å². The van der Waals surface area contributed by atoms with E-state index >= 15 is 0 Å². The first-order valence-electron chi connectivity index (χ1n) is 4.93. The summed E-state index contributed by atoms with van der Waals surface area (Å²) >= 11 is 5.45. The van der Waals surface area contributed by atoms with Gasteiger partial charge >= 0.3 is 0 Å². The van der Waals surface area contributed by atoms with E-state index in [4.69, 9.17) is 0 Å². The first-order chi connectivity index (χ1) is 7.63. The average molecular weight is 400 g/mol. The topological polar surface area (TPSA) is 29.1 Å². The molecular weight excluding hydrogens is 388 g/mol. The molecule has 1 rings (SSSR count). The number of carbonyl (C=O) groups is 1. The number of carbonyl (C=O) groups excluding carboxylic acids is 1. The third kappa shape index (κ3) is 4.78. The smallest absolute Gasteiger partial charge is 0.251 e. The molecule has 0 atom stereocenters. The Morgan fingerprint density at radius 1 is 1.38 bits per heavy atom. The molecule has 2 nitrogen and oxygen atoms in total. The van der Waals surface area contributed by atoms with Gasteiger partial charge in [0.1, 0.15) is 5.82 Å². The van der Waals surface area contributed by atoms with Crippen LogP contribution in [-0.2, 0) is 0 Å². The van der Waals surface area contributed by atoms with Gasteiger partial charge in [0, 0.05) is 16.6 Å². The summed E-state index contributed by atoms with van der Waals surface area (Å²) in [7, 11) is 0. The van der Waals surface area contributed by atoms with Crippen LogP contribution in [0.5, 0.6) is 0 Å². The van der Waals surface area contributed by atoms with Crippen LogP contribution in [-0.4, -0.2) is 16.9 Å². The molecule has 0 saturated heterocycles. The van der Waals surface area contributed by atoms with Gasteiger partial charge in [0.05, 0.1) is 0 Å². The molecule has 88 valence electrons. The van der Waals surface area contributed by atoms with Crippen LogP contribution in [0.1, 0.15) is 23.2 Å². The lowest BCUT2D eigenvalue weighted by Crippen LogP contribution is -2.24. The zero-order chi connectivity index (χ0) is 12.0. The number of nitrogens with one attached hydrogen (secondary N) is 1. The van der Waals surface area contributed by atoms with Crippen LogP contribution in [0.4, 0.5) is 4.39 Å². The third-order valence-corrected chi connectivity index (χ3v) is 3.19. The minimum Gasteiger partial charge on any atom is -0.352 e. The Kier molecular flexibility index (Phi) is 6.26. The van der Waals surface area contributed by atoms with E-state index in [0.29, 0.717) is 16.6 Å². The summed E-state index contributed by atoms with van der Waals surface area (Å²) in [6.45, 7) is 0.635. The van der Waals surface area contributed by atoms with Crippen LogP contribution in [0, 0.1) is 5.82 Å². The van der Waals surface area contributed by atoms with Gasteiger partial charge in [-0.05, 0) is 35.5 Å². The SMILES string of the molecule is O=C(NCCCCI)c1cc(F)cc(Br)c1. The standard InChI is InChI=1S/C11H12BrFINO/c12-9-5-8(6-10(13)7-9)11(16)15-4-2-1-3-14/h5-7H,1-4H2,(H,15,16). The van der Waals surface area contributed by atoms with Crippen molar-refractivity contribution in [2.24, 2.45) is 0 Å². The van der Waals surface area contributed by atoms with E-state index in [1.54, 1.807) is 6.07 Å². The first-order valence-corrected chi connectivity index (χ1v) is 7.25. The molecule has 1 aromatic rings. The minimum atomic E-state index is -0.410. The third-order valence-electron chi connectivity index (χ3n) is 1.97. The van der Waals surface area contributed by atoms with E-state index < -0.39 is 5.82 Å². The summed E-state index contributed by atoms with van der Waals surface area (Å²) in [6, 6.07) is 4.17. The Morgan fingerprint density at radius 2 is 2.12 bits per heavy atom. The molecule has 0 spiro atoms. The molecule has 0 radical (unpaired) electrons. The summed E-state index contributed by atoms with van der Waals surface area (Å²) < 4.78 is 14.7. The Morgan fingerprint density at radius 3 is 2.75 bits per heavy atom. The summed E-state index contributed by atoms with van der Waals surface area (Å²) in [6.07, 6.45) is 2.03. The molecule has 0 aromatic heterocycles. The summed E-state index contributed by atoms with van der Waals surface area (Å²) in [5, 5.41) is 2.76. The highest BCUT2D eigenvalue weighted by Gasteiger charge is 2.07. The van der Waals surface area contributed by atoms with Gasteiger partial charge in [-0.3, -0.25) is 4.79 Å². The van der Waals surface area contributed by atoms with Crippen LogP contribution < -0.4 is 5.32 Å². The van der Waals surface area contributed by atoms with Gasteiger partial charge in [0.25, 0.3) is 5.91 Å². The van der Waals surface area contributed by atoms with Crippen molar-refractivity contribution >= 4 is 44.4 Å². The van der Waals surface area contributed by atoms with Gasteiger partial charge in [-0.1, -0.05) is 38.5 Å². The maximum atomic E-state index is 13.0. The molecule has 16 heavy (non-hydrogen) atoms. The van der Waals surface area contributed by atoms with Crippen LogP contribution >= 0.6 is 38.5 Å². The second kappa shape index (κ2) is 7.21. The number of alkyl halides is 1. The molecular formula is C11H12BrFINO. The molecule has 0 heterocycles. The van der Waals surface area contributed by atoms with E-state index in [1.165, 1.54) is 12.1 Å². The van der Waals surface area contributed by atoms with Crippen molar-refractivity contribution in [1.29, 1.82) is 0 Å². The number of halogens is 3. The van der Waals surface area contributed by atoms with Gasteiger partial charge in [0.2, 0.25) is 0 Å². The van der Waals surface area contributed by atoms with Crippen molar-refractivity contribution < 1.29 is 9.18 Å². The van der Waals surface area contributed by atoms with E-state index in [9.17, 15) is 9.18 Å². The molecule has 1 aromatic carbocycles. The average Bonchev–Trinajstić information content (AvgIpc) is 2.22. The zero-order valence-corrected chi connectivity index (χ0v) is 12.3. The van der Waals surface area contributed by atoms with Crippen molar-refractivity contribution in [3.8, 4) is 0 Å².